The minimum Gasteiger partial charge on any atom is -0.367 e. The highest BCUT2D eigenvalue weighted by Crippen LogP contribution is 2.16. The van der Waals surface area contributed by atoms with Crippen molar-refractivity contribution in [2.75, 3.05) is 5.32 Å². The van der Waals surface area contributed by atoms with Gasteiger partial charge < -0.3 is 5.32 Å². The summed E-state index contributed by atoms with van der Waals surface area (Å²) in [6, 6.07) is 2.47. The highest BCUT2D eigenvalue weighted by atomic mass is 79.9. The molecule has 0 radical (unpaired) electrons. The number of nitrogens with zero attached hydrogens (tertiary/aromatic N) is 2. The second-order valence-corrected chi connectivity index (χ2v) is 5.09. The number of nitrogens with one attached hydrogen (secondary N) is 1. The van der Waals surface area contributed by atoms with E-state index in [0.717, 1.165) is 35.5 Å². The van der Waals surface area contributed by atoms with E-state index in [9.17, 15) is 0 Å². The van der Waals surface area contributed by atoms with Crippen LogP contribution in [-0.2, 0) is 6.42 Å². The van der Waals surface area contributed by atoms with Crippen LogP contribution in [0.15, 0.2) is 10.7 Å². The molecule has 0 fully saturated rings. The third-order valence-electron chi connectivity index (χ3n) is 2.70. The van der Waals surface area contributed by atoms with Crippen LogP contribution in [-0.4, -0.2) is 16.0 Å². The van der Waals surface area contributed by atoms with Crippen LogP contribution >= 0.6 is 15.9 Å². The Morgan fingerprint density at radius 2 is 2.00 bits per heavy atom. The number of aromatic nitrogens is 2. The van der Waals surface area contributed by atoms with Crippen molar-refractivity contribution >= 4 is 21.7 Å². The van der Waals surface area contributed by atoms with E-state index in [1.54, 1.807) is 0 Å². The fourth-order valence-corrected chi connectivity index (χ4v) is 2.23. The summed E-state index contributed by atoms with van der Waals surface area (Å²) in [5.74, 6) is 1.85. The number of aryl methyl sites for hydroxylation is 1. The molecule has 1 heterocycles. The molecule has 0 aliphatic heterocycles. The monoisotopic (exact) mass is 299 g/mol. The normalized spacial score (nSPS) is 12.5. The van der Waals surface area contributed by atoms with Crippen molar-refractivity contribution in [3.05, 3.63) is 16.5 Å². The summed E-state index contributed by atoms with van der Waals surface area (Å²) in [4.78, 5) is 8.91. The van der Waals surface area contributed by atoms with Crippen LogP contribution < -0.4 is 5.32 Å². The first kappa shape index (κ1) is 14.4. The van der Waals surface area contributed by atoms with Crippen molar-refractivity contribution < 1.29 is 0 Å². The largest absolute Gasteiger partial charge is 0.367 e. The summed E-state index contributed by atoms with van der Waals surface area (Å²) < 4.78 is 0.866. The van der Waals surface area contributed by atoms with Crippen molar-refractivity contribution in [1.82, 2.24) is 9.97 Å². The molecule has 1 rings (SSSR count). The van der Waals surface area contributed by atoms with Gasteiger partial charge in [0.1, 0.15) is 16.2 Å². The molecule has 0 saturated carbocycles. The summed E-state index contributed by atoms with van der Waals surface area (Å²) >= 11 is 3.44. The molecule has 0 amide bonds. The standard InChI is InChI=1S/C13H22BrN3/c1-4-7-10(6-3)15-13-9-11(14)16-12(17-13)8-5-2/h9-10H,4-8H2,1-3H3,(H,15,16,17). The van der Waals surface area contributed by atoms with Crippen LogP contribution in [0.25, 0.3) is 0 Å². The molecule has 1 atom stereocenters. The summed E-state index contributed by atoms with van der Waals surface area (Å²) in [6.45, 7) is 6.56. The van der Waals surface area contributed by atoms with Gasteiger partial charge in [0, 0.05) is 18.5 Å². The predicted octanol–water partition coefficient (Wildman–Crippen LogP) is 4.18. The first-order valence-electron chi connectivity index (χ1n) is 6.49. The first-order valence-corrected chi connectivity index (χ1v) is 7.28. The average molecular weight is 300 g/mol. The molecular formula is C13H22BrN3. The van der Waals surface area contributed by atoms with Gasteiger partial charge in [-0.05, 0) is 35.2 Å². The van der Waals surface area contributed by atoms with Crippen molar-refractivity contribution in [3.8, 4) is 0 Å². The van der Waals surface area contributed by atoms with Gasteiger partial charge in [0.15, 0.2) is 0 Å². The van der Waals surface area contributed by atoms with Crippen LogP contribution in [0.5, 0.6) is 0 Å². The third kappa shape index (κ3) is 5.02. The van der Waals surface area contributed by atoms with Crippen molar-refractivity contribution in [1.29, 1.82) is 0 Å². The topological polar surface area (TPSA) is 37.8 Å². The molecular weight excluding hydrogens is 278 g/mol. The number of halogens is 1. The Kier molecular flexibility index (Phi) is 6.48. The molecule has 0 aliphatic carbocycles. The van der Waals surface area contributed by atoms with Gasteiger partial charge in [0.05, 0.1) is 0 Å². The Labute approximate surface area is 113 Å². The fraction of sp³-hybridized carbons (Fsp3) is 0.692. The molecule has 4 heteroatoms. The van der Waals surface area contributed by atoms with Crippen molar-refractivity contribution in [2.24, 2.45) is 0 Å². The molecule has 0 aliphatic rings. The van der Waals surface area contributed by atoms with E-state index < -0.39 is 0 Å². The van der Waals surface area contributed by atoms with Crippen LogP contribution in [0.1, 0.15) is 52.3 Å². The molecule has 17 heavy (non-hydrogen) atoms. The summed E-state index contributed by atoms with van der Waals surface area (Å²) in [7, 11) is 0. The zero-order valence-electron chi connectivity index (χ0n) is 11.0. The summed E-state index contributed by atoms with van der Waals surface area (Å²) in [5.41, 5.74) is 0. The minimum absolute atomic E-state index is 0.510. The lowest BCUT2D eigenvalue weighted by atomic mass is 10.1. The number of rotatable bonds is 7. The van der Waals surface area contributed by atoms with Gasteiger partial charge in [-0.2, -0.15) is 0 Å². The zero-order valence-corrected chi connectivity index (χ0v) is 12.5. The average Bonchev–Trinajstić information content (AvgIpc) is 2.28. The Bertz CT molecular complexity index is 341. The maximum atomic E-state index is 4.54. The summed E-state index contributed by atoms with van der Waals surface area (Å²) in [6.07, 6.45) is 5.50. The Balaban J connectivity index is 2.75. The molecule has 0 aromatic carbocycles. The maximum Gasteiger partial charge on any atom is 0.132 e. The lowest BCUT2D eigenvalue weighted by Gasteiger charge is -2.17. The first-order chi connectivity index (χ1) is 8.19. The predicted molar refractivity (Wildman–Crippen MR) is 76.3 cm³/mol. The van der Waals surface area contributed by atoms with Gasteiger partial charge in [-0.3, -0.25) is 0 Å². The van der Waals surface area contributed by atoms with E-state index >= 15 is 0 Å². The Morgan fingerprint density at radius 3 is 2.59 bits per heavy atom. The van der Waals surface area contributed by atoms with E-state index in [1.165, 1.54) is 12.8 Å². The molecule has 96 valence electrons. The third-order valence-corrected chi connectivity index (χ3v) is 3.10. The van der Waals surface area contributed by atoms with Crippen molar-refractivity contribution in [2.45, 2.75) is 58.9 Å². The van der Waals surface area contributed by atoms with Gasteiger partial charge >= 0.3 is 0 Å². The van der Waals surface area contributed by atoms with Crippen molar-refractivity contribution in [3.63, 3.8) is 0 Å². The van der Waals surface area contributed by atoms with E-state index in [2.05, 4.69) is 52.0 Å². The zero-order chi connectivity index (χ0) is 12.7. The second kappa shape index (κ2) is 7.64. The highest BCUT2D eigenvalue weighted by molar-refractivity contribution is 9.10. The second-order valence-electron chi connectivity index (χ2n) is 4.28. The molecule has 3 nitrogen and oxygen atoms in total. The number of anilines is 1. The van der Waals surface area contributed by atoms with Crippen LogP contribution in [0.2, 0.25) is 0 Å². The van der Waals surface area contributed by atoms with Gasteiger partial charge in [0.25, 0.3) is 0 Å². The Morgan fingerprint density at radius 1 is 1.24 bits per heavy atom. The molecule has 1 aromatic rings. The van der Waals surface area contributed by atoms with Gasteiger partial charge in [-0.25, -0.2) is 9.97 Å². The van der Waals surface area contributed by atoms with E-state index in [0.29, 0.717) is 6.04 Å². The van der Waals surface area contributed by atoms with Gasteiger partial charge in [-0.1, -0.05) is 27.2 Å². The highest BCUT2D eigenvalue weighted by Gasteiger charge is 2.08. The fourth-order valence-electron chi connectivity index (χ4n) is 1.81. The molecule has 0 saturated heterocycles. The molecule has 1 N–H and O–H groups in total. The van der Waals surface area contributed by atoms with E-state index in [1.807, 2.05) is 6.07 Å². The lowest BCUT2D eigenvalue weighted by molar-refractivity contribution is 0.619. The quantitative estimate of drug-likeness (QED) is 0.768. The smallest absolute Gasteiger partial charge is 0.132 e. The van der Waals surface area contributed by atoms with Gasteiger partial charge in [-0.15, -0.1) is 0 Å². The van der Waals surface area contributed by atoms with Crippen LogP contribution in [0.4, 0.5) is 5.82 Å². The molecule has 0 bridgehead atoms. The lowest BCUT2D eigenvalue weighted by Crippen LogP contribution is -2.19. The Hall–Kier alpha value is -0.640. The van der Waals surface area contributed by atoms with Crippen LogP contribution in [0, 0.1) is 0 Å². The summed E-state index contributed by atoms with van der Waals surface area (Å²) in [5, 5.41) is 3.49. The van der Waals surface area contributed by atoms with Gasteiger partial charge in [0.2, 0.25) is 0 Å². The molecule has 0 spiro atoms. The van der Waals surface area contributed by atoms with E-state index in [4.69, 9.17) is 0 Å². The number of hydrogen-bond donors (Lipinski definition) is 1. The molecule has 1 aromatic heterocycles. The van der Waals surface area contributed by atoms with Crippen LogP contribution in [0.3, 0.4) is 0 Å². The van der Waals surface area contributed by atoms with E-state index in [-0.39, 0.29) is 0 Å². The SMILES string of the molecule is CCCc1nc(Br)cc(NC(CC)CCC)n1. The maximum absolute atomic E-state index is 4.54. The molecule has 1 unspecified atom stereocenters. The number of hydrogen-bond acceptors (Lipinski definition) is 3. The minimum atomic E-state index is 0.510.